The Bertz CT molecular complexity index is 871. The van der Waals surface area contributed by atoms with E-state index in [0.29, 0.717) is 0 Å². The number of nitrogens with one attached hydrogen (secondary N) is 2. The van der Waals surface area contributed by atoms with Crippen molar-refractivity contribution in [1.82, 2.24) is 25.3 Å². The molecule has 134 valence electrons. The Balaban J connectivity index is 1.65. The molecule has 0 radical (unpaired) electrons. The van der Waals surface area contributed by atoms with Gasteiger partial charge in [-0.05, 0) is 62.9 Å². The van der Waals surface area contributed by atoms with Crippen molar-refractivity contribution in [3.05, 3.63) is 42.5 Å². The molecule has 3 aromatic rings. The lowest BCUT2D eigenvalue weighted by molar-refractivity contribution is 0.357. The smallest absolute Gasteiger partial charge is 0.125 e. The average molecular weight is 348 g/mol. The standard InChI is InChI=1S/C20H24N6/c1-21-19-7-5-15(13-25-19)17-11-18-20(24-10-9-23-18)16(26-17)6-4-14-3-2-8-22-12-14/h5,7,9-11,13-14,22H,2-4,6,8,12H2,1H3,(H,21,25). The molecule has 4 rings (SSSR count). The van der Waals surface area contributed by atoms with Crippen molar-refractivity contribution < 1.29 is 0 Å². The lowest BCUT2D eigenvalue weighted by atomic mass is 9.93. The molecule has 4 heterocycles. The first-order valence-corrected chi connectivity index (χ1v) is 9.29. The van der Waals surface area contributed by atoms with Crippen LogP contribution in [0.1, 0.15) is 25.0 Å². The van der Waals surface area contributed by atoms with Crippen LogP contribution in [-0.4, -0.2) is 40.1 Å². The number of piperidine rings is 1. The van der Waals surface area contributed by atoms with Gasteiger partial charge in [-0.2, -0.15) is 0 Å². The fourth-order valence-corrected chi connectivity index (χ4v) is 3.56. The molecule has 3 aromatic heterocycles. The van der Waals surface area contributed by atoms with Crippen molar-refractivity contribution in [3.8, 4) is 11.3 Å². The molecule has 6 heteroatoms. The van der Waals surface area contributed by atoms with Crippen molar-refractivity contribution >= 4 is 16.9 Å². The first-order chi connectivity index (χ1) is 12.8. The molecule has 1 aliphatic heterocycles. The summed E-state index contributed by atoms with van der Waals surface area (Å²) in [5, 5.41) is 6.54. The highest BCUT2D eigenvalue weighted by molar-refractivity contribution is 5.81. The minimum atomic E-state index is 0.720. The van der Waals surface area contributed by atoms with Crippen LogP contribution in [0.25, 0.3) is 22.3 Å². The monoisotopic (exact) mass is 348 g/mol. The van der Waals surface area contributed by atoms with Crippen LogP contribution >= 0.6 is 0 Å². The van der Waals surface area contributed by atoms with Gasteiger partial charge in [0.2, 0.25) is 0 Å². The summed E-state index contributed by atoms with van der Waals surface area (Å²) in [6.07, 6.45) is 9.96. The second-order valence-corrected chi connectivity index (χ2v) is 6.81. The molecule has 1 unspecified atom stereocenters. The number of rotatable bonds is 5. The Labute approximate surface area is 153 Å². The van der Waals surface area contributed by atoms with Crippen LogP contribution in [0.15, 0.2) is 36.8 Å². The van der Waals surface area contributed by atoms with Gasteiger partial charge in [0.25, 0.3) is 0 Å². The lowest BCUT2D eigenvalue weighted by Crippen LogP contribution is -2.30. The summed E-state index contributed by atoms with van der Waals surface area (Å²) in [6.45, 7) is 2.26. The van der Waals surface area contributed by atoms with Gasteiger partial charge in [0.05, 0.1) is 16.9 Å². The minimum absolute atomic E-state index is 0.720. The maximum Gasteiger partial charge on any atom is 0.125 e. The summed E-state index contributed by atoms with van der Waals surface area (Å²) in [5.74, 6) is 1.57. The van der Waals surface area contributed by atoms with Crippen LogP contribution in [0.5, 0.6) is 0 Å². The summed E-state index contributed by atoms with van der Waals surface area (Å²) in [5.41, 5.74) is 4.75. The molecule has 0 spiro atoms. The Hall–Kier alpha value is -2.60. The number of hydrogen-bond acceptors (Lipinski definition) is 6. The number of pyridine rings is 2. The van der Waals surface area contributed by atoms with E-state index in [2.05, 4.69) is 25.6 Å². The summed E-state index contributed by atoms with van der Waals surface area (Å²) >= 11 is 0. The number of aryl methyl sites for hydroxylation is 1. The normalized spacial score (nSPS) is 17.3. The predicted octanol–water partition coefficient (Wildman–Crippen LogP) is 3.06. The third-order valence-electron chi connectivity index (χ3n) is 5.03. The van der Waals surface area contributed by atoms with Gasteiger partial charge in [-0.15, -0.1) is 0 Å². The first kappa shape index (κ1) is 16.8. The van der Waals surface area contributed by atoms with Crippen molar-refractivity contribution in [2.45, 2.75) is 25.7 Å². The molecule has 1 saturated heterocycles. The van der Waals surface area contributed by atoms with E-state index in [-0.39, 0.29) is 0 Å². The van der Waals surface area contributed by atoms with Crippen LogP contribution in [-0.2, 0) is 6.42 Å². The van der Waals surface area contributed by atoms with Crippen LogP contribution in [0.4, 0.5) is 5.82 Å². The molecular weight excluding hydrogens is 324 g/mol. The largest absolute Gasteiger partial charge is 0.373 e. The van der Waals surface area contributed by atoms with Gasteiger partial charge >= 0.3 is 0 Å². The van der Waals surface area contributed by atoms with Crippen LogP contribution in [0, 0.1) is 5.92 Å². The quantitative estimate of drug-likeness (QED) is 0.738. The Morgan fingerprint density at radius 3 is 2.88 bits per heavy atom. The van der Waals surface area contributed by atoms with Crippen LogP contribution < -0.4 is 10.6 Å². The SMILES string of the molecule is CNc1ccc(-c2cc3nccnc3c(CCC3CCCNC3)n2)cn1. The van der Waals surface area contributed by atoms with Crippen molar-refractivity contribution in [3.63, 3.8) is 0 Å². The number of aromatic nitrogens is 4. The third kappa shape index (κ3) is 3.65. The van der Waals surface area contributed by atoms with Gasteiger partial charge in [-0.25, -0.2) is 4.98 Å². The molecule has 0 aliphatic carbocycles. The average Bonchev–Trinajstić information content (AvgIpc) is 2.72. The Kier molecular flexibility index (Phi) is 5.02. The zero-order valence-corrected chi connectivity index (χ0v) is 15.1. The molecule has 6 nitrogen and oxygen atoms in total. The van der Waals surface area contributed by atoms with E-state index in [1.165, 1.54) is 12.8 Å². The summed E-state index contributed by atoms with van der Waals surface area (Å²) in [4.78, 5) is 18.4. The molecule has 1 fully saturated rings. The summed E-state index contributed by atoms with van der Waals surface area (Å²) in [6, 6.07) is 6.01. The van der Waals surface area contributed by atoms with Gasteiger partial charge in [-0.3, -0.25) is 15.0 Å². The van der Waals surface area contributed by atoms with E-state index < -0.39 is 0 Å². The van der Waals surface area contributed by atoms with E-state index in [1.54, 1.807) is 12.4 Å². The van der Waals surface area contributed by atoms with Crippen LogP contribution in [0.2, 0.25) is 0 Å². The fraction of sp³-hybridized carbons (Fsp3) is 0.400. The van der Waals surface area contributed by atoms with Gasteiger partial charge in [0.1, 0.15) is 11.3 Å². The molecule has 2 N–H and O–H groups in total. The molecule has 1 atom stereocenters. The van der Waals surface area contributed by atoms with E-state index >= 15 is 0 Å². The first-order valence-electron chi connectivity index (χ1n) is 9.29. The van der Waals surface area contributed by atoms with E-state index in [0.717, 1.165) is 65.7 Å². The zero-order chi connectivity index (χ0) is 17.8. The molecule has 26 heavy (non-hydrogen) atoms. The van der Waals surface area contributed by atoms with Gasteiger partial charge in [0, 0.05) is 31.2 Å². The van der Waals surface area contributed by atoms with Gasteiger partial charge in [0.15, 0.2) is 0 Å². The molecular formula is C20H24N6. The molecule has 0 aromatic carbocycles. The van der Waals surface area contributed by atoms with E-state index in [4.69, 9.17) is 4.98 Å². The number of fused-ring (bicyclic) bond motifs is 1. The number of nitrogens with zero attached hydrogens (tertiary/aromatic N) is 4. The molecule has 0 amide bonds. The summed E-state index contributed by atoms with van der Waals surface area (Å²) < 4.78 is 0. The fourth-order valence-electron chi connectivity index (χ4n) is 3.56. The highest BCUT2D eigenvalue weighted by Crippen LogP contribution is 2.25. The maximum absolute atomic E-state index is 4.93. The van der Waals surface area contributed by atoms with Crippen molar-refractivity contribution in [2.24, 2.45) is 5.92 Å². The topological polar surface area (TPSA) is 75.6 Å². The number of hydrogen-bond donors (Lipinski definition) is 2. The highest BCUT2D eigenvalue weighted by Gasteiger charge is 2.15. The Morgan fingerprint density at radius 2 is 2.12 bits per heavy atom. The number of anilines is 1. The molecule has 0 saturated carbocycles. The maximum atomic E-state index is 4.93. The van der Waals surface area contributed by atoms with Crippen molar-refractivity contribution in [2.75, 3.05) is 25.5 Å². The molecule has 0 bridgehead atoms. The lowest BCUT2D eigenvalue weighted by Gasteiger charge is -2.22. The third-order valence-corrected chi connectivity index (χ3v) is 5.03. The predicted molar refractivity (Wildman–Crippen MR) is 104 cm³/mol. The van der Waals surface area contributed by atoms with Gasteiger partial charge < -0.3 is 10.6 Å². The second kappa shape index (κ2) is 7.74. The summed E-state index contributed by atoms with van der Waals surface area (Å²) in [7, 11) is 1.87. The van der Waals surface area contributed by atoms with Gasteiger partial charge in [-0.1, -0.05) is 0 Å². The second-order valence-electron chi connectivity index (χ2n) is 6.81. The molecule has 1 aliphatic rings. The zero-order valence-electron chi connectivity index (χ0n) is 15.1. The minimum Gasteiger partial charge on any atom is -0.373 e. The van der Waals surface area contributed by atoms with Crippen LogP contribution in [0.3, 0.4) is 0 Å². The van der Waals surface area contributed by atoms with Crippen molar-refractivity contribution in [1.29, 1.82) is 0 Å². The van der Waals surface area contributed by atoms with E-state index in [9.17, 15) is 0 Å². The van der Waals surface area contributed by atoms with E-state index in [1.807, 2.05) is 31.4 Å². The highest BCUT2D eigenvalue weighted by atomic mass is 14.9. The Morgan fingerprint density at radius 1 is 1.19 bits per heavy atom.